The van der Waals surface area contributed by atoms with Crippen molar-refractivity contribution in [2.45, 2.75) is 18.9 Å². The van der Waals surface area contributed by atoms with E-state index in [-0.39, 0.29) is 24.4 Å². The SMILES string of the molecule is Cl.N[C@H]1C=CCC(C(=O)O)C1. The standard InChI is InChI=1S/C7H11NO2.ClH/c8-6-3-1-2-5(4-6)7(9)10;/h1,3,5-6H,2,4,8H2,(H,9,10);1H/t5?,6-;/m0./s1. The molecule has 0 heterocycles. The van der Waals surface area contributed by atoms with Gasteiger partial charge in [-0.15, -0.1) is 12.4 Å². The Morgan fingerprint density at radius 3 is 2.64 bits per heavy atom. The fraction of sp³-hybridized carbons (Fsp3) is 0.571. The van der Waals surface area contributed by atoms with E-state index < -0.39 is 5.97 Å². The summed E-state index contributed by atoms with van der Waals surface area (Å²) in [6.07, 6.45) is 4.90. The molecule has 0 aromatic carbocycles. The summed E-state index contributed by atoms with van der Waals surface area (Å²) in [4.78, 5) is 10.4. The van der Waals surface area contributed by atoms with Gasteiger partial charge < -0.3 is 10.8 Å². The maximum Gasteiger partial charge on any atom is 0.306 e. The van der Waals surface area contributed by atoms with Gasteiger partial charge in [-0.3, -0.25) is 4.79 Å². The summed E-state index contributed by atoms with van der Waals surface area (Å²) in [5.74, 6) is -1.00. The zero-order valence-corrected chi connectivity index (χ0v) is 6.88. The van der Waals surface area contributed by atoms with Crippen molar-refractivity contribution in [1.82, 2.24) is 0 Å². The van der Waals surface area contributed by atoms with Crippen molar-refractivity contribution >= 4 is 18.4 Å². The molecule has 0 spiro atoms. The first-order valence-corrected chi connectivity index (χ1v) is 3.35. The zero-order valence-electron chi connectivity index (χ0n) is 6.06. The lowest BCUT2D eigenvalue weighted by molar-refractivity contribution is -0.142. The molecule has 0 bridgehead atoms. The highest BCUT2D eigenvalue weighted by atomic mass is 35.5. The third-order valence-electron chi connectivity index (χ3n) is 1.71. The third-order valence-corrected chi connectivity index (χ3v) is 1.71. The van der Waals surface area contributed by atoms with Crippen molar-refractivity contribution in [3.63, 3.8) is 0 Å². The molecule has 0 aromatic rings. The molecule has 0 radical (unpaired) electrons. The highest BCUT2D eigenvalue weighted by Crippen LogP contribution is 2.16. The van der Waals surface area contributed by atoms with Gasteiger partial charge in [0.05, 0.1) is 5.92 Å². The first-order valence-electron chi connectivity index (χ1n) is 3.35. The van der Waals surface area contributed by atoms with E-state index in [9.17, 15) is 4.79 Å². The predicted octanol–water partition coefficient (Wildman–Crippen LogP) is 0.786. The number of carboxylic acids is 1. The smallest absolute Gasteiger partial charge is 0.306 e. The van der Waals surface area contributed by atoms with E-state index in [1.165, 1.54) is 0 Å². The molecule has 1 rings (SSSR count). The number of carbonyl (C=O) groups is 1. The molecule has 0 saturated carbocycles. The van der Waals surface area contributed by atoms with Crippen molar-refractivity contribution in [3.05, 3.63) is 12.2 Å². The molecule has 64 valence electrons. The Morgan fingerprint density at radius 2 is 2.27 bits per heavy atom. The van der Waals surface area contributed by atoms with Gasteiger partial charge in [-0.25, -0.2) is 0 Å². The topological polar surface area (TPSA) is 63.3 Å². The van der Waals surface area contributed by atoms with Gasteiger partial charge >= 0.3 is 5.97 Å². The molecule has 0 fully saturated rings. The fourth-order valence-electron chi connectivity index (χ4n) is 1.12. The van der Waals surface area contributed by atoms with E-state index in [0.717, 1.165) is 0 Å². The normalized spacial score (nSPS) is 29.2. The first kappa shape index (κ1) is 10.5. The maximum absolute atomic E-state index is 10.4. The minimum absolute atomic E-state index is 0. The van der Waals surface area contributed by atoms with Gasteiger partial charge in [-0.1, -0.05) is 12.2 Å². The van der Waals surface area contributed by atoms with Crippen LogP contribution in [0.4, 0.5) is 0 Å². The molecule has 0 aromatic heterocycles. The van der Waals surface area contributed by atoms with Crippen molar-refractivity contribution < 1.29 is 9.90 Å². The van der Waals surface area contributed by atoms with Crippen LogP contribution in [-0.4, -0.2) is 17.1 Å². The van der Waals surface area contributed by atoms with Crippen LogP contribution in [0.5, 0.6) is 0 Å². The van der Waals surface area contributed by atoms with Crippen molar-refractivity contribution in [2.24, 2.45) is 11.7 Å². The summed E-state index contributed by atoms with van der Waals surface area (Å²) in [6.45, 7) is 0. The highest BCUT2D eigenvalue weighted by Gasteiger charge is 2.20. The first-order chi connectivity index (χ1) is 4.70. The lowest BCUT2D eigenvalue weighted by Crippen LogP contribution is -2.28. The van der Waals surface area contributed by atoms with E-state index in [4.69, 9.17) is 10.8 Å². The molecule has 0 saturated heterocycles. The Hall–Kier alpha value is -0.540. The summed E-state index contributed by atoms with van der Waals surface area (Å²) in [5.41, 5.74) is 5.51. The van der Waals surface area contributed by atoms with E-state index >= 15 is 0 Å². The third kappa shape index (κ3) is 2.91. The van der Waals surface area contributed by atoms with Gasteiger partial charge in [0.2, 0.25) is 0 Å². The van der Waals surface area contributed by atoms with Crippen LogP contribution in [0, 0.1) is 5.92 Å². The second kappa shape index (κ2) is 4.36. The molecule has 1 unspecified atom stereocenters. The molecule has 0 amide bonds. The number of carboxylic acid groups (broad SMARTS) is 1. The summed E-state index contributed by atoms with van der Waals surface area (Å²) < 4.78 is 0. The van der Waals surface area contributed by atoms with Crippen LogP contribution in [0.3, 0.4) is 0 Å². The summed E-state index contributed by atoms with van der Waals surface area (Å²) in [7, 11) is 0. The number of rotatable bonds is 1. The predicted molar refractivity (Wildman–Crippen MR) is 44.7 cm³/mol. The lowest BCUT2D eigenvalue weighted by Gasteiger charge is -2.17. The second-order valence-electron chi connectivity index (χ2n) is 2.60. The molecule has 4 heteroatoms. The molecule has 1 aliphatic carbocycles. The fourth-order valence-corrected chi connectivity index (χ4v) is 1.12. The maximum atomic E-state index is 10.4. The Labute approximate surface area is 71.7 Å². The van der Waals surface area contributed by atoms with Crippen LogP contribution in [0.2, 0.25) is 0 Å². The van der Waals surface area contributed by atoms with Gasteiger partial charge in [0.15, 0.2) is 0 Å². The van der Waals surface area contributed by atoms with Crippen LogP contribution in [0.25, 0.3) is 0 Å². The number of aliphatic carboxylic acids is 1. The van der Waals surface area contributed by atoms with E-state index in [1.54, 1.807) is 0 Å². The van der Waals surface area contributed by atoms with Gasteiger partial charge in [0.1, 0.15) is 0 Å². The second-order valence-corrected chi connectivity index (χ2v) is 2.60. The van der Waals surface area contributed by atoms with Gasteiger partial charge in [-0.05, 0) is 12.8 Å². The lowest BCUT2D eigenvalue weighted by atomic mass is 9.92. The van der Waals surface area contributed by atoms with Crippen LogP contribution >= 0.6 is 12.4 Å². The number of hydrogen-bond acceptors (Lipinski definition) is 2. The summed E-state index contributed by atoms with van der Waals surface area (Å²) in [6, 6.07) is -0.0603. The average molecular weight is 178 g/mol. The molecule has 3 nitrogen and oxygen atoms in total. The number of halogens is 1. The highest BCUT2D eigenvalue weighted by molar-refractivity contribution is 5.85. The van der Waals surface area contributed by atoms with Crippen molar-refractivity contribution in [1.29, 1.82) is 0 Å². The average Bonchev–Trinajstić information content (AvgIpc) is 1.88. The van der Waals surface area contributed by atoms with E-state index in [2.05, 4.69) is 0 Å². The van der Waals surface area contributed by atoms with Crippen LogP contribution < -0.4 is 5.73 Å². The Kier molecular flexibility index (Phi) is 4.15. The van der Waals surface area contributed by atoms with Crippen molar-refractivity contribution in [3.8, 4) is 0 Å². The van der Waals surface area contributed by atoms with Gasteiger partial charge in [0, 0.05) is 6.04 Å². The largest absolute Gasteiger partial charge is 0.481 e. The number of allylic oxidation sites excluding steroid dienone is 1. The number of nitrogens with two attached hydrogens (primary N) is 1. The molecular weight excluding hydrogens is 166 g/mol. The van der Waals surface area contributed by atoms with Gasteiger partial charge in [0.25, 0.3) is 0 Å². The van der Waals surface area contributed by atoms with E-state index in [0.29, 0.717) is 12.8 Å². The van der Waals surface area contributed by atoms with Crippen LogP contribution in [0.1, 0.15) is 12.8 Å². The molecule has 2 atom stereocenters. The Balaban J connectivity index is 0.000001000. The van der Waals surface area contributed by atoms with Crippen molar-refractivity contribution in [2.75, 3.05) is 0 Å². The van der Waals surface area contributed by atoms with Crippen LogP contribution in [0.15, 0.2) is 12.2 Å². The molecule has 11 heavy (non-hydrogen) atoms. The molecule has 1 aliphatic rings. The summed E-state index contributed by atoms with van der Waals surface area (Å²) in [5, 5.41) is 8.57. The quantitative estimate of drug-likeness (QED) is 0.582. The monoisotopic (exact) mass is 177 g/mol. The molecule has 3 N–H and O–H groups in total. The number of hydrogen-bond donors (Lipinski definition) is 2. The summed E-state index contributed by atoms with van der Waals surface area (Å²) >= 11 is 0. The minimum Gasteiger partial charge on any atom is -0.481 e. The van der Waals surface area contributed by atoms with Crippen LogP contribution in [-0.2, 0) is 4.79 Å². The molecular formula is C7H12ClNO2. The zero-order chi connectivity index (χ0) is 7.56. The minimum atomic E-state index is -0.736. The molecule has 0 aliphatic heterocycles. The van der Waals surface area contributed by atoms with Gasteiger partial charge in [-0.2, -0.15) is 0 Å². The Bertz CT molecular complexity index is 170. The van der Waals surface area contributed by atoms with E-state index in [1.807, 2.05) is 12.2 Å². The Morgan fingerprint density at radius 1 is 1.64 bits per heavy atom.